The van der Waals surface area contributed by atoms with Gasteiger partial charge in [0.25, 0.3) is 0 Å². The van der Waals surface area contributed by atoms with E-state index < -0.39 is 5.97 Å². The van der Waals surface area contributed by atoms with Gasteiger partial charge in [0.05, 0.1) is 13.0 Å². The molecule has 0 saturated heterocycles. The number of aryl methyl sites for hydroxylation is 1. The predicted molar refractivity (Wildman–Crippen MR) is 77.1 cm³/mol. The average Bonchev–Trinajstić information content (AvgIpc) is 2.37. The second kappa shape index (κ2) is 6.45. The van der Waals surface area contributed by atoms with E-state index in [9.17, 15) is 4.79 Å². The van der Waals surface area contributed by atoms with E-state index in [0.29, 0.717) is 13.0 Å². The molecule has 0 aliphatic rings. The molecule has 106 valence electrons. The van der Waals surface area contributed by atoms with Crippen LogP contribution in [0.3, 0.4) is 0 Å². The molecule has 19 heavy (non-hydrogen) atoms. The third-order valence-corrected chi connectivity index (χ3v) is 3.57. The maximum absolute atomic E-state index is 10.8. The lowest BCUT2D eigenvalue weighted by atomic mass is 10.0. The number of nitrogens with one attached hydrogen (secondary N) is 1. The number of rotatable bonds is 6. The number of carboxylic acid groups (broad SMARTS) is 1. The first-order valence-electron chi connectivity index (χ1n) is 6.50. The second-order valence-electron chi connectivity index (χ2n) is 4.98. The highest BCUT2D eigenvalue weighted by molar-refractivity contribution is 5.69. The molecule has 2 N–H and O–H groups in total. The second-order valence-corrected chi connectivity index (χ2v) is 4.98. The minimum Gasteiger partial charge on any atom is -0.496 e. The Morgan fingerprint density at radius 1 is 1.37 bits per heavy atom. The Morgan fingerprint density at radius 2 is 2.00 bits per heavy atom. The molecule has 4 heteroatoms. The van der Waals surface area contributed by atoms with Crippen molar-refractivity contribution < 1.29 is 14.6 Å². The minimum absolute atomic E-state index is 0.326. The van der Waals surface area contributed by atoms with Crippen molar-refractivity contribution in [3.63, 3.8) is 0 Å². The van der Waals surface area contributed by atoms with Gasteiger partial charge in [0.2, 0.25) is 0 Å². The molecule has 0 aliphatic heterocycles. The number of hydrogen-bond acceptors (Lipinski definition) is 3. The largest absolute Gasteiger partial charge is 0.496 e. The number of carbonyl (C=O) groups is 1. The fourth-order valence-corrected chi connectivity index (χ4v) is 2.07. The number of aliphatic carboxylic acids is 1. The zero-order chi connectivity index (χ0) is 14.6. The molecule has 0 spiro atoms. The third-order valence-electron chi connectivity index (χ3n) is 3.57. The van der Waals surface area contributed by atoms with Gasteiger partial charge in [-0.1, -0.05) is 6.92 Å². The van der Waals surface area contributed by atoms with E-state index in [1.807, 2.05) is 26.8 Å². The molecular formula is C15H23NO3. The number of anilines is 1. The van der Waals surface area contributed by atoms with Crippen molar-refractivity contribution in [2.75, 3.05) is 19.0 Å². The van der Waals surface area contributed by atoms with E-state index in [0.717, 1.165) is 28.1 Å². The summed E-state index contributed by atoms with van der Waals surface area (Å²) in [5.41, 5.74) is 4.46. The predicted octanol–water partition coefficient (Wildman–Crippen LogP) is 3.14. The summed E-state index contributed by atoms with van der Waals surface area (Å²) in [6, 6.07) is 2.01. The van der Waals surface area contributed by atoms with Crippen LogP contribution < -0.4 is 10.1 Å². The highest BCUT2D eigenvalue weighted by Gasteiger charge is 2.13. The number of benzene rings is 1. The Kier molecular flexibility index (Phi) is 5.21. The van der Waals surface area contributed by atoms with Gasteiger partial charge in [-0.2, -0.15) is 0 Å². The number of hydrogen-bond donors (Lipinski definition) is 2. The molecule has 0 aromatic heterocycles. The molecule has 4 nitrogen and oxygen atoms in total. The van der Waals surface area contributed by atoms with Crippen LogP contribution in [0.15, 0.2) is 6.07 Å². The summed E-state index contributed by atoms with van der Waals surface area (Å²) in [6.45, 7) is 8.48. The monoisotopic (exact) mass is 265 g/mol. The molecule has 0 aliphatic carbocycles. The van der Waals surface area contributed by atoms with Crippen molar-refractivity contribution in [2.45, 2.75) is 34.1 Å². The number of methoxy groups -OCH3 is 1. The summed E-state index contributed by atoms with van der Waals surface area (Å²) >= 11 is 0. The van der Waals surface area contributed by atoms with Crippen molar-refractivity contribution in [3.8, 4) is 5.75 Å². The Labute approximate surface area is 114 Å². The van der Waals surface area contributed by atoms with Crippen molar-refractivity contribution in [1.29, 1.82) is 0 Å². The first-order chi connectivity index (χ1) is 8.88. The zero-order valence-electron chi connectivity index (χ0n) is 12.3. The summed E-state index contributed by atoms with van der Waals surface area (Å²) in [4.78, 5) is 10.8. The molecule has 0 fully saturated rings. The SMILES string of the molecule is COc1cc(C)c(NCCC(C)C(=O)O)c(C)c1C. The summed E-state index contributed by atoms with van der Waals surface area (Å²) in [7, 11) is 1.67. The molecule has 1 aromatic rings. The topological polar surface area (TPSA) is 58.6 Å². The molecular weight excluding hydrogens is 242 g/mol. The fraction of sp³-hybridized carbons (Fsp3) is 0.533. The Bertz CT molecular complexity index is 469. The van der Waals surface area contributed by atoms with Gasteiger partial charge in [-0.25, -0.2) is 0 Å². The first-order valence-corrected chi connectivity index (χ1v) is 6.50. The first kappa shape index (κ1) is 15.3. The standard InChI is InChI=1S/C15H23NO3/c1-9(15(17)18)6-7-16-14-10(2)8-13(19-5)11(3)12(14)4/h8-9,16H,6-7H2,1-5H3,(H,17,18). The molecule has 1 atom stereocenters. The van der Waals surface area contributed by atoms with E-state index in [4.69, 9.17) is 9.84 Å². The molecule has 0 bridgehead atoms. The molecule has 1 aromatic carbocycles. The van der Waals surface area contributed by atoms with Crippen molar-refractivity contribution >= 4 is 11.7 Å². The van der Waals surface area contributed by atoms with Gasteiger partial charge in [-0.3, -0.25) is 4.79 Å². The van der Waals surface area contributed by atoms with E-state index in [1.54, 1.807) is 14.0 Å². The number of carboxylic acids is 1. The minimum atomic E-state index is -0.749. The quantitative estimate of drug-likeness (QED) is 0.829. The molecule has 0 amide bonds. The van der Waals surface area contributed by atoms with Crippen LogP contribution in [0, 0.1) is 26.7 Å². The number of ether oxygens (including phenoxy) is 1. The van der Waals surface area contributed by atoms with Crippen LogP contribution in [0.4, 0.5) is 5.69 Å². The lowest BCUT2D eigenvalue weighted by Gasteiger charge is -2.18. The van der Waals surface area contributed by atoms with Crippen molar-refractivity contribution in [2.24, 2.45) is 5.92 Å². The zero-order valence-corrected chi connectivity index (χ0v) is 12.3. The van der Waals surface area contributed by atoms with Crippen LogP contribution >= 0.6 is 0 Å². The van der Waals surface area contributed by atoms with Gasteiger partial charge in [-0.05, 0) is 49.9 Å². The van der Waals surface area contributed by atoms with Crippen molar-refractivity contribution in [3.05, 3.63) is 22.8 Å². The highest BCUT2D eigenvalue weighted by atomic mass is 16.5. The molecule has 1 unspecified atom stereocenters. The summed E-state index contributed by atoms with van der Waals surface area (Å²) in [5, 5.41) is 12.2. The smallest absolute Gasteiger partial charge is 0.306 e. The van der Waals surface area contributed by atoms with E-state index in [-0.39, 0.29) is 5.92 Å². The molecule has 1 rings (SSSR count). The molecule has 0 saturated carbocycles. The van der Waals surface area contributed by atoms with Crippen LogP contribution in [-0.4, -0.2) is 24.7 Å². The Morgan fingerprint density at radius 3 is 2.53 bits per heavy atom. The van der Waals surface area contributed by atoms with Crippen molar-refractivity contribution in [1.82, 2.24) is 0 Å². The highest BCUT2D eigenvalue weighted by Crippen LogP contribution is 2.31. The van der Waals surface area contributed by atoms with E-state index in [2.05, 4.69) is 5.32 Å². The van der Waals surface area contributed by atoms with Gasteiger partial charge in [0.15, 0.2) is 0 Å². The normalized spacial score (nSPS) is 12.1. The van der Waals surface area contributed by atoms with Crippen LogP contribution in [0.2, 0.25) is 0 Å². The molecule has 0 radical (unpaired) electrons. The van der Waals surface area contributed by atoms with E-state index in [1.165, 1.54) is 0 Å². The Balaban J connectivity index is 2.79. The van der Waals surface area contributed by atoms with Crippen LogP contribution in [0.1, 0.15) is 30.0 Å². The summed E-state index contributed by atoms with van der Waals surface area (Å²) in [5.74, 6) is -0.187. The van der Waals surface area contributed by atoms with Crippen LogP contribution in [0.5, 0.6) is 5.75 Å². The maximum Gasteiger partial charge on any atom is 0.306 e. The van der Waals surface area contributed by atoms with E-state index >= 15 is 0 Å². The maximum atomic E-state index is 10.8. The summed E-state index contributed by atoms with van der Waals surface area (Å²) < 4.78 is 5.33. The van der Waals surface area contributed by atoms with Gasteiger partial charge in [0.1, 0.15) is 5.75 Å². The van der Waals surface area contributed by atoms with Gasteiger partial charge in [-0.15, -0.1) is 0 Å². The fourth-order valence-electron chi connectivity index (χ4n) is 2.07. The third kappa shape index (κ3) is 3.63. The lowest BCUT2D eigenvalue weighted by Crippen LogP contribution is -2.15. The lowest BCUT2D eigenvalue weighted by molar-refractivity contribution is -0.141. The van der Waals surface area contributed by atoms with Crippen LogP contribution in [-0.2, 0) is 4.79 Å². The van der Waals surface area contributed by atoms with Gasteiger partial charge in [0, 0.05) is 12.2 Å². The van der Waals surface area contributed by atoms with Crippen LogP contribution in [0.25, 0.3) is 0 Å². The van der Waals surface area contributed by atoms with Gasteiger partial charge < -0.3 is 15.2 Å². The average molecular weight is 265 g/mol. The Hall–Kier alpha value is -1.71. The van der Waals surface area contributed by atoms with Gasteiger partial charge >= 0.3 is 5.97 Å². The summed E-state index contributed by atoms with van der Waals surface area (Å²) in [6.07, 6.45) is 0.610. The molecule has 0 heterocycles.